The zero-order chi connectivity index (χ0) is 19.4. The molecular formula is C18H19N3O5S. The van der Waals surface area contributed by atoms with Gasteiger partial charge in [-0.15, -0.1) is 11.3 Å². The molecule has 2 amide bonds. The highest BCUT2D eigenvalue weighted by molar-refractivity contribution is 7.17. The number of amides is 2. The predicted octanol–water partition coefficient (Wildman–Crippen LogP) is 2.49. The third-order valence-electron chi connectivity index (χ3n) is 4.20. The van der Waals surface area contributed by atoms with Crippen molar-refractivity contribution in [1.29, 1.82) is 0 Å². The summed E-state index contributed by atoms with van der Waals surface area (Å²) in [5, 5.41) is 6.69. The number of nitrogens with one attached hydrogen (secondary N) is 2. The van der Waals surface area contributed by atoms with Gasteiger partial charge in [0.1, 0.15) is 16.5 Å². The van der Waals surface area contributed by atoms with Crippen LogP contribution in [0, 0.1) is 0 Å². The minimum atomic E-state index is -0.942. The number of carbonyl (C=O) groups is 3. The van der Waals surface area contributed by atoms with Crippen LogP contribution in [-0.4, -0.2) is 30.6 Å². The fourth-order valence-corrected chi connectivity index (χ4v) is 4.13. The molecule has 0 aliphatic heterocycles. The molecular weight excluding hydrogens is 370 g/mol. The molecule has 3 rings (SSSR count). The molecule has 0 unspecified atom stereocenters. The first-order valence-electron chi connectivity index (χ1n) is 8.43. The van der Waals surface area contributed by atoms with Crippen LogP contribution >= 0.6 is 11.3 Å². The summed E-state index contributed by atoms with van der Waals surface area (Å²) in [6.45, 7) is 1.64. The average molecular weight is 389 g/mol. The first kappa shape index (κ1) is 18.8. The Labute approximate surface area is 159 Å². The van der Waals surface area contributed by atoms with Crippen LogP contribution in [0.5, 0.6) is 0 Å². The molecule has 0 saturated heterocycles. The van der Waals surface area contributed by atoms with Crippen LogP contribution in [0.1, 0.15) is 46.3 Å². The molecule has 0 radical (unpaired) electrons. The van der Waals surface area contributed by atoms with Gasteiger partial charge >= 0.3 is 17.8 Å². The van der Waals surface area contributed by atoms with E-state index in [9.17, 15) is 14.4 Å². The Morgan fingerprint density at radius 1 is 1.22 bits per heavy atom. The summed E-state index contributed by atoms with van der Waals surface area (Å²) in [7, 11) is 1.29. The number of ether oxygens (including phenoxy) is 1. The second kappa shape index (κ2) is 8.17. The molecule has 27 heavy (non-hydrogen) atoms. The highest BCUT2D eigenvalue weighted by Gasteiger charge is 2.28. The minimum absolute atomic E-state index is 0.334. The minimum Gasteiger partial charge on any atom is -0.465 e. The van der Waals surface area contributed by atoms with E-state index in [1.165, 1.54) is 24.7 Å². The Balaban J connectivity index is 1.73. The molecule has 2 N–H and O–H groups in total. The smallest absolute Gasteiger partial charge is 0.341 e. The molecule has 0 saturated carbocycles. The summed E-state index contributed by atoms with van der Waals surface area (Å²) in [5.74, 6) is -1.88. The molecule has 1 aliphatic rings. The van der Waals surface area contributed by atoms with Gasteiger partial charge in [-0.2, -0.15) is 5.10 Å². The molecule has 0 atom stereocenters. The Morgan fingerprint density at radius 2 is 2.00 bits per heavy atom. The van der Waals surface area contributed by atoms with Crippen molar-refractivity contribution < 1.29 is 23.5 Å². The topological polar surface area (TPSA) is 110 Å². The van der Waals surface area contributed by atoms with Gasteiger partial charge in [0.25, 0.3) is 0 Å². The first-order valence-corrected chi connectivity index (χ1v) is 9.25. The normalized spacial score (nSPS) is 13.6. The monoisotopic (exact) mass is 389 g/mol. The number of thiophene rings is 1. The number of fused-ring (bicyclic) bond motifs is 1. The van der Waals surface area contributed by atoms with Gasteiger partial charge in [0.15, 0.2) is 0 Å². The number of furan rings is 1. The lowest BCUT2D eigenvalue weighted by Gasteiger charge is -2.11. The summed E-state index contributed by atoms with van der Waals surface area (Å²) in [4.78, 5) is 37.5. The van der Waals surface area contributed by atoms with E-state index in [4.69, 9.17) is 9.15 Å². The second-order valence-electron chi connectivity index (χ2n) is 5.98. The number of rotatable bonds is 4. The highest BCUT2D eigenvalue weighted by atomic mass is 32.1. The number of esters is 1. The van der Waals surface area contributed by atoms with Crippen molar-refractivity contribution >= 4 is 39.8 Å². The van der Waals surface area contributed by atoms with Crippen molar-refractivity contribution in [3.63, 3.8) is 0 Å². The van der Waals surface area contributed by atoms with Crippen molar-refractivity contribution in [2.24, 2.45) is 5.10 Å². The third-order valence-corrected chi connectivity index (χ3v) is 5.40. The van der Waals surface area contributed by atoms with Gasteiger partial charge in [-0.1, -0.05) is 0 Å². The molecule has 0 aromatic carbocycles. The van der Waals surface area contributed by atoms with Gasteiger partial charge in [-0.05, 0) is 50.3 Å². The van der Waals surface area contributed by atoms with E-state index < -0.39 is 17.8 Å². The average Bonchev–Trinajstić information content (AvgIpc) is 3.32. The van der Waals surface area contributed by atoms with Crippen molar-refractivity contribution in [2.75, 3.05) is 12.4 Å². The van der Waals surface area contributed by atoms with Gasteiger partial charge in [0.05, 0.1) is 18.9 Å². The maximum absolute atomic E-state index is 12.2. The summed E-state index contributed by atoms with van der Waals surface area (Å²) >= 11 is 1.31. The molecule has 0 fully saturated rings. The van der Waals surface area contributed by atoms with Gasteiger partial charge < -0.3 is 14.5 Å². The Kier molecular flexibility index (Phi) is 5.70. The second-order valence-corrected chi connectivity index (χ2v) is 7.08. The summed E-state index contributed by atoms with van der Waals surface area (Å²) in [6, 6.07) is 3.37. The SMILES string of the molecule is COC(=O)c1c(NC(=O)C(=O)NN=C(C)c2ccco2)sc2c1CCCC2. The van der Waals surface area contributed by atoms with Crippen molar-refractivity contribution in [3.05, 3.63) is 40.2 Å². The zero-order valence-corrected chi connectivity index (χ0v) is 15.8. The molecule has 2 aromatic heterocycles. The first-order chi connectivity index (χ1) is 13.0. The maximum atomic E-state index is 12.2. The van der Waals surface area contributed by atoms with Crippen LogP contribution in [0.25, 0.3) is 0 Å². The van der Waals surface area contributed by atoms with Crippen molar-refractivity contribution in [1.82, 2.24) is 5.43 Å². The maximum Gasteiger partial charge on any atom is 0.341 e. The summed E-state index contributed by atoms with van der Waals surface area (Å²) in [6.07, 6.45) is 5.09. The van der Waals surface area contributed by atoms with E-state index in [0.717, 1.165) is 36.1 Å². The molecule has 142 valence electrons. The van der Waals surface area contributed by atoms with Gasteiger partial charge in [-0.25, -0.2) is 10.2 Å². The molecule has 0 spiro atoms. The number of nitrogens with zero attached hydrogens (tertiary/aromatic N) is 1. The number of aryl methyl sites for hydroxylation is 1. The third kappa shape index (κ3) is 4.08. The van der Waals surface area contributed by atoms with Crippen LogP contribution in [0.2, 0.25) is 0 Å². The van der Waals surface area contributed by atoms with Gasteiger partial charge in [0.2, 0.25) is 0 Å². The van der Waals surface area contributed by atoms with Crippen molar-refractivity contribution in [3.8, 4) is 0 Å². The summed E-state index contributed by atoms with van der Waals surface area (Å²) in [5.41, 5.74) is 3.84. The quantitative estimate of drug-likeness (QED) is 0.361. The lowest BCUT2D eigenvalue weighted by atomic mass is 9.95. The number of hydrazone groups is 1. The highest BCUT2D eigenvalue weighted by Crippen LogP contribution is 2.38. The fourth-order valence-electron chi connectivity index (χ4n) is 2.86. The Morgan fingerprint density at radius 3 is 2.70 bits per heavy atom. The van der Waals surface area contributed by atoms with E-state index in [2.05, 4.69) is 15.8 Å². The number of hydrogen-bond donors (Lipinski definition) is 2. The Hall–Kier alpha value is -2.94. The van der Waals surface area contributed by atoms with Crippen LogP contribution in [-0.2, 0) is 27.2 Å². The molecule has 8 nitrogen and oxygen atoms in total. The molecule has 9 heteroatoms. The lowest BCUT2D eigenvalue weighted by molar-refractivity contribution is -0.136. The van der Waals surface area contributed by atoms with E-state index in [1.54, 1.807) is 19.1 Å². The largest absolute Gasteiger partial charge is 0.465 e. The van der Waals surface area contributed by atoms with Gasteiger partial charge in [-0.3, -0.25) is 9.59 Å². The molecule has 1 aliphatic carbocycles. The summed E-state index contributed by atoms with van der Waals surface area (Å²) < 4.78 is 10.00. The number of carbonyl (C=O) groups excluding carboxylic acids is 3. The standard InChI is InChI=1S/C18H19N3O5S/c1-10(12-7-5-9-26-12)20-21-16(23)15(22)19-17-14(18(24)25-2)11-6-3-4-8-13(11)27-17/h5,7,9H,3-4,6,8H2,1-2H3,(H,19,22)(H,21,23). The van der Waals surface area contributed by atoms with E-state index >= 15 is 0 Å². The predicted molar refractivity (Wildman–Crippen MR) is 100.0 cm³/mol. The van der Waals surface area contributed by atoms with Crippen LogP contribution in [0.3, 0.4) is 0 Å². The Bertz CT molecular complexity index is 898. The van der Waals surface area contributed by atoms with Crippen LogP contribution in [0.4, 0.5) is 5.00 Å². The number of methoxy groups -OCH3 is 1. The van der Waals surface area contributed by atoms with Gasteiger partial charge in [0, 0.05) is 4.88 Å². The van der Waals surface area contributed by atoms with E-state index in [-0.39, 0.29) is 0 Å². The van der Waals surface area contributed by atoms with E-state index in [0.29, 0.717) is 22.0 Å². The van der Waals surface area contributed by atoms with Crippen LogP contribution < -0.4 is 10.7 Å². The molecule has 0 bridgehead atoms. The van der Waals surface area contributed by atoms with Crippen molar-refractivity contribution in [2.45, 2.75) is 32.6 Å². The number of hydrogen-bond acceptors (Lipinski definition) is 7. The fraction of sp³-hybridized carbons (Fsp3) is 0.333. The van der Waals surface area contributed by atoms with E-state index in [1.807, 2.05) is 0 Å². The van der Waals surface area contributed by atoms with Crippen LogP contribution in [0.15, 0.2) is 27.9 Å². The zero-order valence-electron chi connectivity index (χ0n) is 15.0. The molecule has 2 aromatic rings. The molecule has 2 heterocycles. The lowest BCUT2D eigenvalue weighted by Crippen LogP contribution is -2.33. The number of anilines is 1.